The van der Waals surface area contributed by atoms with Gasteiger partial charge in [-0.3, -0.25) is 19.8 Å². The van der Waals surface area contributed by atoms with Crippen molar-refractivity contribution in [2.45, 2.75) is 0 Å². The lowest BCUT2D eigenvalue weighted by Gasteiger charge is -2.22. The van der Waals surface area contributed by atoms with Crippen molar-refractivity contribution in [3.8, 4) is 0 Å². The van der Waals surface area contributed by atoms with E-state index in [9.17, 15) is 14.4 Å². The lowest BCUT2D eigenvalue weighted by molar-refractivity contribution is -0.129. The molecule has 1 heterocycles. The van der Waals surface area contributed by atoms with Crippen molar-refractivity contribution in [2.75, 3.05) is 7.05 Å². The third kappa shape index (κ3) is 2.26. The van der Waals surface area contributed by atoms with E-state index in [1.807, 2.05) is 0 Å². The van der Waals surface area contributed by atoms with Crippen LogP contribution >= 0.6 is 11.6 Å². The second-order valence-electron chi connectivity index (χ2n) is 3.73. The molecule has 1 saturated heterocycles. The summed E-state index contributed by atoms with van der Waals surface area (Å²) in [5.41, 5.74) is 0.570. The van der Waals surface area contributed by atoms with Gasteiger partial charge in [0.1, 0.15) is 5.57 Å². The smallest absolute Gasteiger partial charge is 0.273 e. The van der Waals surface area contributed by atoms with E-state index in [2.05, 4.69) is 5.32 Å². The van der Waals surface area contributed by atoms with Crippen LogP contribution in [-0.2, 0) is 9.59 Å². The maximum atomic E-state index is 11.8. The molecule has 0 saturated carbocycles. The van der Waals surface area contributed by atoms with Crippen LogP contribution in [0, 0.1) is 0 Å². The second kappa shape index (κ2) is 4.62. The Morgan fingerprint density at radius 2 is 1.78 bits per heavy atom. The zero-order valence-electron chi connectivity index (χ0n) is 9.44. The summed E-state index contributed by atoms with van der Waals surface area (Å²) in [5, 5.41) is 2.63. The van der Waals surface area contributed by atoms with Crippen LogP contribution in [0.15, 0.2) is 29.8 Å². The lowest BCUT2D eigenvalue weighted by atomic mass is 10.1. The van der Waals surface area contributed by atoms with Crippen LogP contribution in [0.2, 0.25) is 5.02 Å². The number of imide groups is 2. The summed E-state index contributed by atoms with van der Waals surface area (Å²) >= 11 is 5.73. The average molecular weight is 265 g/mol. The van der Waals surface area contributed by atoms with Crippen molar-refractivity contribution in [1.29, 1.82) is 0 Å². The third-order valence-corrected chi connectivity index (χ3v) is 2.74. The first-order chi connectivity index (χ1) is 8.49. The van der Waals surface area contributed by atoms with Gasteiger partial charge in [-0.1, -0.05) is 23.7 Å². The van der Waals surface area contributed by atoms with Gasteiger partial charge in [-0.25, -0.2) is 4.79 Å². The van der Waals surface area contributed by atoms with Crippen molar-refractivity contribution in [3.05, 3.63) is 40.4 Å². The molecule has 1 aliphatic heterocycles. The maximum Gasteiger partial charge on any atom is 0.331 e. The van der Waals surface area contributed by atoms with E-state index in [0.29, 0.717) is 10.6 Å². The fraction of sp³-hybridized carbons (Fsp3) is 0.0833. The number of hydrogen-bond donors (Lipinski definition) is 1. The Kier molecular flexibility index (Phi) is 3.16. The van der Waals surface area contributed by atoms with Gasteiger partial charge in [0, 0.05) is 12.1 Å². The number of hydrogen-bond acceptors (Lipinski definition) is 3. The van der Waals surface area contributed by atoms with Crippen LogP contribution in [0.4, 0.5) is 4.79 Å². The number of rotatable bonds is 1. The quantitative estimate of drug-likeness (QED) is 0.616. The predicted octanol–water partition coefficient (Wildman–Crippen LogP) is 1.43. The number of likely N-dealkylation sites (N-methyl/N-ethyl adjacent to an activating group) is 1. The van der Waals surface area contributed by atoms with Crippen molar-refractivity contribution in [2.24, 2.45) is 0 Å². The minimum absolute atomic E-state index is 0.0839. The summed E-state index contributed by atoms with van der Waals surface area (Å²) < 4.78 is 0. The number of carbonyl (C=O) groups is 3. The van der Waals surface area contributed by atoms with Gasteiger partial charge < -0.3 is 0 Å². The van der Waals surface area contributed by atoms with Crippen LogP contribution < -0.4 is 5.32 Å². The van der Waals surface area contributed by atoms with E-state index in [4.69, 9.17) is 11.6 Å². The molecule has 92 valence electrons. The Bertz CT molecular complexity index is 563. The minimum atomic E-state index is -0.724. The van der Waals surface area contributed by atoms with E-state index in [1.165, 1.54) is 13.1 Å². The molecule has 1 aliphatic rings. The zero-order chi connectivity index (χ0) is 13.3. The monoisotopic (exact) mass is 264 g/mol. The van der Waals surface area contributed by atoms with Gasteiger partial charge in [-0.05, 0) is 23.8 Å². The molecular formula is C12H9ClN2O3. The molecule has 0 spiro atoms. The van der Waals surface area contributed by atoms with E-state index >= 15 is 0 Å². The van der Waals surface area contributed by atoms with Crippen molar-refractivity contribution < 1.29 is 14.4 Å². The summed E-state index contributed by atoms with van der Waals surface area (Å²) in [6, 6.07) is 5.92. The van der Waals surface area contributed by atoms with Gasteiger partial charge in [-0.2, -0.15) is 0 Å². The molecule has 1 aromatic carbocycles. The van der Waals surface area contributed by atoms with Crippen LogP contribution in [0.3, 0.4) is 0 Å². The number of nitrogens with zero attached hydrogens (tertiary/aromatic N) is 1. The molecule has 6 heteroatoms. The molecule has 0 unspecified atom stereocenters. The van der Waals surface area contributed by atoms with Gasteiger partial charge in [0.15, 0.2) is 0 Å². The number of amides is 4. The summed E-state index contributed by atoms with van der Waals surface area (Å²) in [5.74, 6) is -1.32. The third-order valence-electron chi connectivity index (χ3n) is 2.49. The Hall–Kier alpha value is -2.14. The predicted molar refractivity (Wildman–Crippen MR) is 65.7 cm³/mol. The molecular weight excluding hydrogens is 256 g/mol. The summed E-state index contributed by atoms with van der Waals surface area (Å²) in [7, 11) is 1.31. The van der Waals surface area contributed by atoms with Crippen molar-refractivity contribution >= 4 is 35.5 Å². The summed E-state index contributed by atoms with van der Waals surface area (Å²) in [4.78, 5) is 35.4. The van der Waals surface area contributed by atoms with E-state index in [1.54, 1.807) is 24.3 Å². The Balaban J connectivity index is 2.37. The number of barbiturate groups is 1. The number of nitrogens with one attached hydrogen (secondary N) is 1. The molecule has 1 N–H and O–H groups in total. The van der Waals surface area contributed by atoms with E-state index in [0.717, 1.165) is 4.90 Å². The Labute approximate surface area is 108 Å². The van der Waals surface area contributed by atoms with Crippen LogP contribution in [0.25, 0.3) is 6.08 Å². The summed E-state index contributed by atoms with van der Waals surface area (Å²) in [6.07, 6.45) is 1.41. The fourth-order valence-electron chi connectivity index (χ4n) is 1.47. The molecule has 0 radical (unpaired) electrons. The molecule has 0 atom stereocenters. The van der Waals surface area contributed by atoms with Gasteiger partial charge in [0.2, 0.25) is 0 Å². The highest BCUT2D eigenvalue weighted by atomic mass is 35.5. The molecule has 0 aliphatic carbocycles. The van der Waals surface area contributed by atoms with Crippen LogP contribution in [0.5, 0.6) is 0 Å². The van der Waals surface area contributed by atoms with Gasteiger partial charge in [0.25, 0.3) is 11.8 Å². The average Bonchev–Trinajstić information content (AvgIpc) is 2.34. The van der Waals surface area contributed by atoms with Crippen LogP contribution in [0.1, 0.15) is 5.56 Å². The van der Waals surface area contributed by atoms with Crippen molar-refractivity contribution in [3.63, 3.8) is 0 Å². The van der Waals surface area contributed by atoms with Gasteiger partial charge in [-0.15, -0.1) is 0 Å². The number of benzene rings is 1. The topological polar surface area (TPSA) is 66.5 Å². The minimum Gasteiger partial charge on any atom is -0.273 e. The Morgan fingerprint density at radius 1 is 1.17 bits per heavy atom. The Morgan fingerprint density at radius 3 is 2.39 bits per heavy atom. The number of halogens is 1. The molecule has 5 nitrogen and oxygen atoms in total. The lowest BCUT2D eigenvalue weighted by Crippen LogP contribution is -2.52. The molecule has 1 fully saturated rings. The molecule has 2 rings (SSSR count). The van der Waals surface area contributed by atoms with Crippen LogP contribution in [-0.4, -0.2) is 29.8 Å². The number of urea groups is 1. The van der Waals surface area contributed by atoms with E-state index < -0.39 is 17.8 Å². The highest BCUT2D eigenvalue weighted by Crippen LogP contribution is 2.15. The van der Waals surface area contributed by atoms with Gasteiger partial charge in [0.05, 0.1) is 0 Å². The molecule has 18 heavy (non-hydrogen) atoms. The zero-order valence-corrected chi connectivity index (χ0v) is 10.2. The van der Waals surface area contributed by atoms with Crippen molar-refractivity contribution in [1.82, 2.24) is 10.2 Å². The van der Waals surface area contributed by atoms with Gasteiger partial charge >= 0.3 is 6.03 Å². The summed E-state index contributed by atoms with van der Waals surface area (Å²) in [6.45, 7) is 0. The second-order valence-corrected chi connectivity index (χ2v) is 4.17. The highest BCUT2D eigenvalue weighted by molar-refractivity contribution is 6.31. The SMILES string of the molecule is CN1C(=O)NC(=O)/C(=C/c2ccc(Cl)cc2)C1=O. The molecule has 0 aromatic heterocycles. The first kappa shape index (κ1) is 12.3. The molecule has 1 aromatic rings. The first-order valence-corrected chi connectivity index (χ1v) is 5.47. The fourth-order valence-corrected chi connectivity index (χ4v) is 1.60. The highest BCUT2D eigenvalue weighted by Gasteiger charge is 2.32. The largest absolute Gasteiger partial charge is 0.331 e. The maximum absolute atomic E-state index is 11.8. The number of carbonyl (C=O) groups excluding carboxylic acids is 3. The standard InChI is InChI=1S/C12H9ClN2O3/c1-15-11(17)9(10(16)14-12(15)18)6-7-2-4-8(13)5-3-7/h2-6H,1H3,(H,14,16,18)/b9-6-. The normalized spacial score (nSPS) is 18.2. The molecule has 4 amide bonds. The molecule has 0 bridgehead atoms. The first-order valence-electron chi connectivity index (χ1n) is 5.09. The van der Waals surface area contributed by atoms with E-state index in [-0.39, 0.29) is 5.57 Å².